The highest BCUT2D eigenvalue weighted by atomic mass is 127. The standard InChI is InChI=1S/C24H37N5O2.HI/c1-25-23(29-14-12-28(13-15-29)17-22(30)27-20-8-9-20)26-18-24(10-3-4-11-24)19-6-5-7-21(16-19)31-2;/h5-7,16,20H,3-4,8-15,17-18H2,1-2H3,(H,25,26)(H,27,30);1H. The third kappa shape index (κ3) is 6.27. The van der Waals surface area contributed by atoms with E-state index in [1.165, 1.54) is 31.2 Å². The van der Waals surface area contributed by atoms with Gasteiger partial charge in [-0.3, -0.25) is 14.7 Å². The molecule has 32 heavy (non-hydrogen) atoms. The van der Waals surface area contributed by atoms with Crippen LogP contribution >= 0.6 is 24.0 Å². The van der Waals surface area contributed by atoms with Gasteiger partial charge in [-0.25, -0.2) is 0 Å². The first-order valence-electron chi connectivity index (χ1n) is 11.7. The number of methoxy groups -OCH3 is 1. The molecule has 0 spiro atoms. The van der Waals surface area contributed by atoms with Crippen molar-refractivity contribution in [1.29, 1.82) is 0 Å². The fourth-order valence-electron chi connectivity index (χ4n) is 4.97. The van der Waals surface area contributed by atoms with Crippen LogP contribution in [0.5, 0.6) is 5.75 Å². The van der Waals surface area contributed by atoms with Crippen LogP contribution in [-0.4, -0.2) is 81.1 Å². The molecule has 2 N–H and O–H groups in total. The summed E-state index contributed by atoms with van der Waals surface area (Å²) < 4.78 is 5.48. The molecule has 3 fully saturated rings. The van der Waals surface area contributed by atoms with Crippen LogP contribution in [0.25, 0.3) is 0 Å². The van der Waals surface area contributed by atoms with Gasteiger partial charge in [0.15, 0.2) is 5.96 Å². The lowest BCUT2D eigenvalue weighted by molar-refractivity contribution is -0.122. The van der Waals surface area contributed by atoms with Gasteiger partial charge in [0, 0.05) is 51.2 Å². The van der Waals surface area contributed by atoms with Gasteiger partial charge >= 0.3 is 0 Å². The highest BCUT2D eigenvalue weighted by molar-refractivity contribution is 14.0. The number of amides is 1. The average Bonchev–Trinajstić information content (AvgIpc) is 3.47. The van der Waals surface area contributed by atoms with Crippen molar-refractivity contribution < 1.29 is 9.53 Å². The third-order valence-electron chi connectivity index (χ3n) is 7.02. The van der Waals surface area contributed by atoms with E-state index in [0.717, 1.165) is 57.3 Å². The van der Waals surface area contributed by atoms with Crippen LogP contribution in [0, 0.1) is 0 Å². The second kappa shape index (κ2) is 11.5. The molecule has 3 aliphatic rings. The molecular weight excluding hydrogens is 517 g/mol. The van der Waals surface area contributed by atoms with Crippen LogP contribution in [0.4, 0.5) is 0 Å². The Morgan fingerprint density at radius 3 is 2.53 bits per heavy atom. The van der Waals surface area contributed by atoms with E-state index >= 15 is 0 Å². The first-order chi connectivity index (χ1) is 15.1. The number of ether oxygens (including phenoxy) is 1. The van der Waals surface area contributed by atoms with Gasteiger partial charge in [-0.1, -0.05) is 25.0 Å². The third-order valence-corrected chi connectivity index (χ3v) is 7.02. The Balaban J connectivity index is 0.00000289. The number of halogens is 1. The van der Waals surface area contributed by atoms with E-state index in [1.807, 2.05) is 13.1 Å². The van der Waals surface area contributed by atoms with E-state index in [2.05, 4.69) is 43.6 Å². The van der Waals surface area contributed by atoms with Crippen molar-refractivity contribution in [2.75, 3.05) is 53.4 Å². The maximum absolute atomic E-state index is 12.1. The Hall–Kier alpha value is -1.55. The monoisotopic (exact) mass is 555 g/mol. The molecule has 1 amide bonds. The molecule has 1 heterocycles. The van der Waals surface area contributed by atoms with Crippen molar-refractivity contribution in [2.45, 2.75) is 50.0 Å². The molecule has 1 aromatic carbocycles. The Kier molecular flexibility index (Phi) is 9.04. The Morgan fingerprint density at radius 1 is 1.19 bits per heavy atom. The number of rotatable bonds is 7. The number of nitrogens with one attached hydrogen (secondary N) is 2. The van der Waals surface area contributed by atoms with Gasteiger partial charge < -0.3 is 20.3 Å². The van der Waals surface area contributed by atoms with Crippen LogP contribution in [-0.2, 0) is 10.2 Å². The van der Waals surface area contributed by atoms with E-state index in [-0.39, 0.29) is 35.3 Å². The molecule has 1 saturated heterocycles. The summed E-state index contributed by atoms with van der Waals surface area (Å²) in [6, 6.07) is 8.99. The zero-order chi connectivity index (χ0) is 21.7. The summed E-state index contributed by atoms with van der Waals surface area (Å²) in [6.07, 6.45) is 7.18. The summed E-state index contributed by atoms with van der Waals surface area (Å²) >= 11 is 0. The van der Waals surface area contributed by atoms with Gasteiger partial charge in [-0.2, -0.15) is 0 Å². The summed E-state index contributed by atoms with van der Waals surface area (Å²) in [7, 11) is 3.60. The van der Waals surface area contributed by atoms with Gasteiger partial charge in [0.05, 0.1) is 13.7 Å². The summed E-state index contributed by atoms with van der Waals surface area (Å²) in [5, 5.41) is 6.77. The van der Waals surface area contributed by atoms with Crippen LogP contribution in [0.1, 0.15) is 44.1 Å². The van der Waals surface area contributed by atoms with Crippen molar-refractivity contribution in [2.24, 2.45) is 4.99 Å². The predicted octanol–water partition coefficient (Wildman–Crippen LogP) is 2.60. The van der Waals surface area contributed by atoms with Gasteiger partial charge in [0.2, 0.25) is 5.91 Å². The first-order valence-corrected chi connectivity index (χ1v) is 11.7. The SMILES string of the molecule is CN=C(NCC1(c2cccc(OC)c2)CCCC1)N1CCN(CC(=O)NC2CC2)CC1.I. The maximum atomic E-state index is 12.1. The van der Waals surface area contributed by atoms with Crippen LogP contribution in [0.3, 0.4) is 0 Å². The van der Waals surface area contributed by atoms with Crippen molar-refractivity contribution in [3.05, 3.63) is 29.8 Å². The molecular formula is C24H38IN5O2. The summed E-state index contributed by atoms with van der Waals surface area (Å²) in [5.41, 5.74) is 1.49. The molecule has 0 unspecified atom stereocenters. The molecule has 8 heteroatoms. The van der Waals surface area contributed by atoms with Gasteiger partial charge in [-0.05, 0) is 43.4 Å². The molecule has 1 aliphatic heterocycles. The molecule has 0 radical (unpaired) electrons. The molecule has 178 valence electrons. The highest BCUT2D eigenvalue weighted by Gasteiger charge is 2.36. The molecule has 2 aliphatic carbocycles. The number of benzene rings is 1. The predicted molar refractivity (Wildman–Crippen MR) is 139 cm³/mol. The summed E-state index contributed by atoms with van der Waals surface area (Å²) in [6.45, 7) is 4.96. The zero-order valence-corrected chi connectivity index (χ0v) is 21.8. The van der Waals surface area contributed by atoms with Crippen molar-refractivity contribution in [1.82, 2.24) is 20.4 Å². The minimum Gasteiger partial charge on any atom is -0.497 e. The maximum Gasteiger partial charge on any atom is 0.234 e. The second-order valence-electron chi connectivity index (χ2n) is 9.23. The van der Waals surface area contributed by atoms with E-state index in [4.69, 9.17) is 4.74 Å². The fraction of sp³-hybridized carbons (Fsp3) is 0.667. The lowest BCUT2D eigenvalue weighted by Crippen LogP contribution is -2.55. The van der Waals surface area contributed by atoms with Crippen LogP contribution in [0.2, 0.25) is 0 Å². The minimum atomic E-state index is 0. The molecule has 0 bridgehead atoms. The number of hydrogen-bond donors (Lipinski definition) is 2. The normalized spacial score (nSPS) is 21.1. The zero-order valence-electron chi connectivity index (χ0n) is 19.4. The van der Waals surface area contributed by atoms with E-state index < -0.39 is 0 Å². The van der Waals surface area contributed by atoms with Gasteiger partial charge in [0.25, 0.3) is 0 Å². The molecule has 0 atom stereocenters. The topological polar surface area (TPSA) is 69.2 Å². The minimum absolute atomic E-state index is 0. The Bertz CT molecular complexity index is 784. The number of nitrogens with zero attached hydrogens (tertiary/aromatic N) is 3. The van der Waals surface area contributed by atoms with Gasteiger partial charge in [0.1, 0.15) is 5.75 Å². The number of guanidine groups is 1. The number of aliphatic imine (C=N–C) groups is 1. The van der Waals surface area contributed by atoms with Crippen molar-refractivity contribution in [3.8, 4) is 5.75 Å². The first kappa shape index (κ1) is 25.1. The number of piperazine rings is 1. The molecule has 2 saturated carbocycles. The molecule has 0 aromatic heterocycles. The lowest BCUT2D eigenvalue weighted by Gasteiger charge is -2.38. The molecule has 4 rings (SSSR count). The fourth-order valence-corrected chi connectivity index (χ4v) is 4.97. The van der Waals surface area contributed by atoms with Gasteiger partial charge in [-0.15, -0.1) is 24.0 Å². The number of hydrogen-bond acceptors (Lipinski definition) is 4. The average molecular weight is 556 g/mol. The molecule has 1 aromatic rings. The van der Waals surface area contributed by atoms with Crippen molar-refractivity contribution >= 4 is 35.8 Å². The van der Waals surface area contributed by atoms with Crippen LogP contribution < -0.4 is 15.4 Å². The molecule has 7 nitrogen and oxygen atoms in total. The van der Waals surface area contributed by atoms with E-state index in [9.17, 15) is 4.79 Å². The second-order valence-corrected chi connectivity index (χ2v) is 9.23. The highest BCUT2D eigenvalue weighted by Crippen LogP contribution is 2.41. The number of carbonyl (C=O) groups excluding carboxylic acids is 1. The smallest absolute Gasteiger partial charge is 0.234 e. The lowest BCUT2D eigenvalue weighted by atomic mass is 9.78. The quantitative estimate of drug-likeness (QED) is 0.308. The number of carbonyl (C=O) groups is 1. The Labute approximate surface area is 209 Å². The van der Waals surface area contributed by atoms with E-state index in [0.29, 0.717) is 12.6 Å². The van der Waals surface area contributed by atoms with E-state index in [1.54, 1.807) is 7.11 Å². The summed E-state index contributed by atoms with van der Waals surface area (Å²) in [5.74, 6) is 2.06. The van der Waals surface area contributed by atoms with Crippen molar-refractivity contribution in [3.63, 3.8) is 0 Å². The summed E-state index contributed by atoms with van der Waals surface area (Å²) in [4.78, 5) is 21.2. The largest absolute Gasteiger partial charge is 0.497 e. The van der Waals surface area contributed by atoms with Crippen LogP contribution in [0.15, 0.2) is 29.3 Å². The Morgan fingerprint density at radius 2 is 1.91 bits per heavy atom.